The molecule has 1 atom stereocenters. The van der Waals surface area contributed by atoms with E-state index in [4.69, 9.17) is 9.84 Å². The topological polar surface area (TPSA) is 32.7 Å². The number of fused-ring (bicyclic) bond motifs is 1. The lowest BCUT2D eigenvalue weighted by Gasteiger charge is -2.36. The van der Waals surface area contributed by atoms with E-state index in [1.54, 1.807) is 0 Å². The Morgan fingerprint density at radius 2 is 2.31 bits per heavy atom. The van der Waals surface area contributed by atoms with Crippen molar-refractivity contribution in [3.8, 4) is 5.75 Å². The van der Waals surface area contributed by atoms with Crippen molar-refractivity contribution >= 4 is 5.69 Å². The number of hydrogen-bond acceptors (Lipinski definition) is 3. The van der Waals surface area contributed by atoms with Crippen LogP contribution in [0.3, 0.4) is 0 Å². The smallest absolute Gasteiger partial charge is 0.142 e. The van der Waals surface area contributed by atoms with E-state index in [0.717, 1.165) is 24.3 Å². The van der Waals surface area contributed by atoms with Crippen molar-refractivity contribution in [3.05, 3.63) is 23.8 Å². The number of aliphatic hydroxyl groups is 1. The Labute approximate surface area is 96.6 Å². The van der Waals surface area contributed by atoms with E-state index in [2.05, 4.69) is 37.1 Å². The van der Waals surface area contributed by atoms with Crippen molar-refractivity contribution in [2.45, 2.75) is 25.8 Å². The number of hydrogen-bond donors (Lipinski definition) is 1. The number of likely N-dealkylation sites (N-methyl/N-ethyl adjacent to an activating group) is 1. The van der Waals surface area contributed by atoms with E-state index in [1.807, 2.05) is 0 Å². The van der Waals surface area contributed by atoms with Gasteiger partial charge in [0.05, 0.1) is 11.7 Å². The van der Waals surface area contributed by atoms with Gasteiger partial charge in [0.2, 0.25) is 0 Å². The molecule has 0 radical (unpaired) electrons. The quantitative estimate of drug-likeness (QED) is 0.847. The average Bonchev–Trinajstić information content (AvgIpc) is 2.28. The molecule has 0 saturated heterocycles. The predicted molar refractivity (Wildman–Crippen MR) is 65.2 cm³/mol. The highest BCUT2D eigenvalue weighted by Gasteiger charge is 2.23. The summed E-state index contributed by atoms with van der Waals surface area (Å²) in [6.45, 7) is 3.04. The molecular weight excluding hydrogens is 202 g/mol. The molecule has 0 aliphatic carbocycles. The van der Waals surface area contributed by atoms with Gasteiger partial charge < -0.3 is 14.7 Å². The zero-order valence-corrected chi connectivity index (χ0v) is 9.94. The molecule has 0 spiro atoms. The Morgan fingerprint density at radius 3 is 3.06 bits per heavy atom. The normalized spacial score (nSPS) is 19.2. The molecule has 0 amide bonds. The summed E-state index contributed by atoms with van der Waals surface area (Å²) < 4.78 is 5.76. The molecule has 0 bridgehead atoms. The Morgan fingerprint density at radius 1 is 1.50 bits per heavy atom. The second-order valence-corrected chi connectivity index (χ2v) is 4.41. The molecule has 3 heteroatoms. The van der Waals surface area contributed by atoms with Gasteiger partial charge in [0.1, 0.15) is 12.4 Å². The summed E-state index contributed by atoms with van der Waals surface area (Å²) in [5.74, 6) is 0.975. The first-order valence-corrected chi connectivity index (χ1v) is 5.79. The van der Waals surface area contributed by atoms with Crippen LogP contribution in [0.1, 0.15) is 18.4 Å². The van der Waals surface area contributed by atoms with Gasteiger partial charge in [-0.2, -0.15) is 0 Å². The Hall–Kier alpha value is -1.22. The van der Waals surface area contributed by atoms with E-state index < -0.39 is 0 Å². The zero-order chi connectivity index (χ0) is 11.5. The largest absolute Gasteiger partial charge is 0.489 e. The van der Waals surface area contributed by atoms with Gasteiger partial charge >= 0.3 is 0 Å². The fourth-order valence-electron chi connectivity index (χ4n) is 2.13. The maximum atomic E-state index is 8.86. The van der Waals surface area contributed by atoms with Crippen LogP contribution in [0.2, 0.25) is 0 Å². The first kappa shape index (κ1) is 11.3. The van der Waals surface area contributed by atoms with Crippen LogP contribution in [0.5, 0.6) is 5.75 Å². The molecule has 1 unspecified atom stereocenters. The van der Waals surface area contributed by atoms with Gasteiger partial charge in [-0.15, -0.1) is 0 Å². The van der Waals surface area contributed by atoms with E-state index in [0.29, 0.717) is 12.6 Å². The summed E-state index contributed by atoms with van der Waals surface area (Å²) in [7, 11) is 2.10. The third kappa shape index (κ3) is 2.14. The minimum atomic E-state index is 0.255. The molecule has 1 heterocycles. The van der Waals surface area contributed by atoms with Gasteiger partial charge in [0, 0.05) is 13.7 Å². The summed E-state index contributed by atoms with van der Waals surface area (Å²) in [5, 5.41) is 8.86. The van der Waals surface area contributed by atoms with Crippen LogP contribution in [0, 0.1) is 6.92 Å². The third-order valence-electron chi connectivity index (χ3n) is 3.17. The zero-order valence-electron chi connectivity index (χ0n) is 9.94. The van der Waals surface area contributed by atoms with Crippen molar-refractivity contribution in [1.29, 1.82) is 0 Å². The van der Waals surface area contributed by atoms with Crippen molar-refractivity contribution in [2.75, 3.05) is 25.2 Å². The maximum absolute atomic E-state index is 8.86. The Balaban J connectivity index is 2.15. The molecule has 1 aliphatic heterocycles. The van der Waals surface area contributed by atoms with Gasteiger partial charge in [0.15, 0.2) is 0 Å². The van der Waals surface area contributed by atoms with Crippen LogP contribution in [0.4, 0.5) is 5.69 Å². The van der Waals surface area contributed by atoms with Gasteiger partial charge in [-0.25, -0.2) is 0 Å². The van der Waals surface area contributed by atoms with E-state index in [9.17, 15) is 0 Å². The van der Waals surface area contributed by atoms with Crippen molar-refractivity contribution in [2.24, 2.45) is 0 Å². The number of nitrogens with zero attached hydrogens (tertiary/aromatic N) is 1. The highest BCUT2D eigenvalue weighted by molar-refractivity contribution is 5.61. The molecular formula is C13H19NO2. The molecule has 1 N–H and O–H groups in total. The number of anilines is 1. The first-order chi connectivity index (χ1) is 7.72. The highest BCUT2D eigenvalue weighted by Crippen LogP contribution is 2.34. The molecule has 0 saturated carbocycles. The van der Waals surface area contributed by atoms with Crippen molar-refractivity contribution in [3.63, 3.8) is 0 Å². The van der Waals surface area contributed by atoms with Crippen LogP contribution in [-0.4, -0.2) is 31.4 Å². The number of aliphatic hydroxyl groups excluding tert-OH is 1. The fraction of sp³-hybridized carbons (Fsp3) is 0.538. The Bertz CT molecular complexity index is 365. The van der Waals surface area contributed by atoms with Crippen LogP contribution in [-0.2, 0) is 0 Å². The van der Waals surface area contributed by atoms with Gasteiger partial charge in [0.25, 0.3) is 0 Å². The van der Waals surface area contributed by atoms with Crippen LogP contribution >= 0.6 is 0 Å². The standard InChI is InChI=1S/C13H19NO2/c1-10-5-6-12-13(8-10)16-9-11(14(12)2)4-3-7-15/h5-6,8,11,15H,3-4,7,9H2,1-2H3. The highest BCUT2D eigenvalue weighted by atomic mass is 16.5. The summed E-state index contributed by atoms with van der Waals surface area (Å²) >= 11 is 0. The van der Waals surface area contributed by atoms with Gasteiger partial charge in [-0.05, 0) is 37.5 Å². The molecule has 0 aromatic heterocycles. The van der Waals surface area contributed by atoms with Crippen LogP contribution in [0.25, 0.3) is 0 Å². The predicted octanol–water partition coefficient (Wildman–Crippen LogP) is 1.96. The molecule has 1 aliphatic rings. The third-order valence-corrected chi connectivity index (χ3v) is 3.17. The summed E-state index contributed by atoms with van der Waals surface area (Å²) in [4.78, 5) is 2.26. The maximum Gasteiger partial charge on any atom is 0.142 e. The second-order valence-electron chi connectivity index (χ2n) is 4.41. The minimum absolute atomic E-state index is 0.255. The van der Waals surface area contributed by atoms with E-state index in [1.165, 1.54) is 5.56 Å². The lowest BCUT2D eigenvalue weighted by atomic mass is 10.1. The fourth-order valence-corrected chi connectivity index (χ4v) is 2.13. The SMILES string of the molecule is Cc1ccc2c(c1)OCC(CCCO)N2C. The molecule has 1 aromatic carbocycles. The molecule has 16 heavy (non-hydrogen) atoms. The Kier molecular flexibility index (Phi) is 3.34. The summed E-state index contributed by atoms with van der Waals surface area (Å²) in [5.41, 5.74) is 2.38. The average molecular weight is 221 g/mol. The lowest BCUT2D eigenvalue weighted by molar-refractivity contribution is 0.236. The first-order valence-electron chi connectivity index (χ1n) is 5.79. The van der Waals surface area contributed by atoms with Gasteiger partial charge in [-0.1, -0.05) is 6.07 Å². The summed E-state index contributed by atoms with van der Waals surface area (Å²) in [6, 6.07) is 6.67. The summed E-state index contributed by atoms with van der Waals surface area (Å²) in [6.07, 6.45) is 1.81. The van der Waals surface area contributed by atoms with E-state index in [-0.39, 0.29) is 6.61 Å². The molecule has 0 fully saturated rings. The number of ether oxygens (including phenoxy) is 1. The minimum Gasteiger partial charge on any atom is -0.489 e. The molecule has 2 rings (SSSR count). The van der Waals surface area contributed by atoms with Crippen LogP contribution < -0.4 is 9.64 Å². The lowest BCUT2D eigenvalue weighted by Crippen LogP contribution is -2.40. The second kappa shape index (κ2) is 4.74. The molecule has 3 nitrogen and oxygen atoms in total. The number of aryl methyl sites for hydroxylation is 1. The molecule has 1 aromatic rings. The number of benzene rings is 1. The van der Waals surface area contributed by atoms with E-state index >= 15 is 0 Å². The number of rotatable bonds is 3. The van der Waals surface area contributed by atoms with Gasteiger partial charge in [-0.3, -0.25) is 0 Å². The molecule has 88 valence electrons. The monoisotopic (exact) mass is 221 g/mol. The van der Waals surface area contributed by atoms with Crippen LogP contribution in [0.15, 0.2) is 18.2 Å². The van der Waals surface area contributed by atoms with Crippen molar-refractivity contribution in [1.82, 2.24) is 0 Å². The van der Waals surface area contributed by atoms with Crippen molar-refractivity contribution < 1.29 is 9.84 Å².